The van der Waals surface area contributed by atoms with Crippen LogP contribution in [0.25, 0.3) is 28.0 Å². The summed E-state index contributed by atoms with van der Waals surface area (Å²) in [5.41, 5.74) is 4.50. The largest absolute Gasteiger partial charge is 0.479 e. The average molecular weight is 493 g/mol. The third-order valence-electron chi connectivity index (χ3n) is 6.22. The fourth-order valence-corrected chi connectivity index (χ4v) is 5.62. The zero-order chi connectivity index (χ0) is 24.7. The van der Waals surface area contributed by atoms with E-state index in [1.807, 2.05) is 54.6 Å². The summed E-state index contributed by atoms with van der Waals surface area (Å²) in [4.78, 5) is 18.0. The van der Waals surface area contributed by atoms with Crippen LogP contribution in [-0.2, 0) is 14.6 Å². The third kappa shape index (κ3) is 4.38. The molecule has 0 bridgehead atoms. The van der Waals surface area contributed by atoms with E-state index in [1.165, 1.54) is 4.52 Å². The Morgan fingerprint density at radius 2 is 1.63 bits per heavy atom. The summed E-state index contributed by atoms with van der Waals surface area (Å²) >= 11 is 0. The van der Waals surface area contributed by atoms with E-state index in [0.29, 0.717) is 22.9 Å². The van der Waals surface area contributed by atoms with Crippen LogP contribution in [0.3, 0.4) is 0 Å². The fraction of sp³-hybridized carbons (Fsp3) is 0.240. The molecule has 3 heterocycles. The molecular formula is C25H24N4O5S. The number of fused-ring (bicyclic) bond motifs is 1. The molecule has 2 aromatic heterocycles. The Hall–Kier alpha value is -3.76. The van der Waals surface area contributed by atoms with Gasteiger partial charge < -0.3 is 15.1 Å². The zero-order valence-electron chi connectivity index (χ0n) is 19.0. The second-order valence-electron chi connectivity index (χ2n) is 8.56. The van der Waals surface area contributed by atoms with Gasteiger partial charge in [0.15, 0.2) is 21.6 Å². The minimum absolute atomic E-state index is 0.0638. The summed E-state index contributed by atoms with van der Waals surface area (Å²) in [5.74, 6) is -1.19. The molecule has 1 atom stereocenters. The number of aryl methyl sites for hydroxylation is 1. The number of carboxylic acid groups (broad SMARTS) is 1. The summed E-state index contributed by atoms with van der Waals surface area (Å²) in [6, 6.07) is 19.7. The lowest BCUT2D eigenvalue weighted by Crippen LogP contribution is -2.42. The van der Waals surface area contributed by atoms with Gasteiger partial charge in [0.2, 0.25) is 0 Å². The minimum Gasteiger partial charge on any atom is -0.479 e. The molecule has 1 aliphatic rings. The standard InChI is InChI=1S/C25H24N4O5S/c1-16-22(23(30)25(31)32)24(28-10-12-35(33,34)13-11-28)29-21(26-16)15-20(27-29)19-9-5-8-18(14-19)17-6-3-2-4-7-17/h2-9,14-15,23,30H,10-13H2,1H3,(H,31,32). The number of rotatable bonds is 5. The molecule has 5 rings (SSSR count). The summed E-state index contributed by atoms with van der Waals surface area (Å²) < 4.78 is 25.5. The predicted molar refractivity (Wildman–Crippen MR) is 132 cm³/mol. The Morgan fingerprint density at radius 1 is 0.971 bits per heavy atom. The van der Waals surface area contributed by atoms with Crippen molar-refractivity contribution in [3.8, 4) is 22.4 Å². The van der Waals surface area contributed by atoms with Gasteiger partial charge in [-0.2, -0.15) is 9.61 Å². The molecule has 1 unspecified atom stereocenters. The van der Waals surface area contributed by atoms with Crippen LogP contribution >= 0.6 is 0 Å². The molecule has 35 heavy (non-hydrogen) atoms. The van der Waals surface area contributed by atoms with Crippen molar-refractivity contribution in [2.45, 2.75) is 13.0 Å². The molecule has 1 aliphatic heterocycles. The van der Waals surface area contributed by atoms with Gasteiger partial charge in [-0.05, 0) is 24.1 Å². The number of hydrogen-bond acceptors (Lipinski definition) is 7. The summed E-state index contributed by atoms with van der Waals surface area (Å²) in [7, 11) is -3.17. The number of aliphatic carboxylic acids is 1. The lowest BCUT2D eigenvalue weighted by atomic mass is 10.0. The van der Waals surface area contributed by atoms with Gasteiger partial charge in [-0.15, -0.1) is 0 Å². The van der Waals surface area contributed by atoms with Crippen LogP contribution in [0.2, 0.25) is 0 Å². The van der Waals surface area contributed by atoms with E-state index in [-0.39, 0.29) is 30.2 Å². The maximum Gasteiger partial charge on any atom is 0.337 e. The molecule has 2 N–H and O–H groups in total. The average Bonchev–Trinajstić information content (AvgIpc) is 3.27. The molecular weight excluding hydrogens is 468 g/mol. The van der Waals surface area contributed by atoms with E-state index >= 15 is 0 Å². The molecule has 0 saturated carbocycles. The van der Waals surface area contributed by atoms with Gasteiger partial charge in [-0.3, -0.25) is 0 Å². The molecule has 0 spiro atoms. The normalized spacial score (nSPS) is 16.3. The number of benzene rings is 2. The minimum atomic E-state index is -3.17. The summed E-state index contributed by atoms with van der Waals surface area (Å²) in [5, 5.41) is 24.8. The van der Waals surface area contributed by atoms with Gasteiger partial charge in [0, 0.05) is 30.4 Å². The number of aromatic nitrogens is 3. The van der Waals surface area contributed by atoms with Crippen LogP contribution in [0.4, 0.5) is 5.82 Å². The Labute approximate surface area is 202 Å². The first-order valence-electron chi connectivity index (χ1n) is 11.2. The number of carbonyl (C=O) groups is 1. The zero-order valence-corrected chi connectivity index (χ0v) is 19.8. The van der Waals surface area contributed by atoms with E-state index < -0.39 is 21.9 Å². The summed E-state index contributed by atoms with van der Waals surface area (Å²) in [6.07, 6.45) is -1.82. The van der Waals surface area contributed by atoms with Crippen LogP contribution < -0.4 is 4.90 Å². The van der Waals surface area contributed by atoms with Crippen molar-refractivity contribution in [2.75, 3.05) is 29.5 Å². The van der Waals surface area contributed by atoms with Crippen molar-refractivity contribution in [1.29, 1.82) is 0 Å². The van der Waals surface area contributed by atoms with Crippen LogP contribution in [-0.4, -0.2) is 63.8 Å². The molecule has 0 aliphatic carbocycles. The Bertz CT molecular complexity index is 1520. The highest BCUT2D eigenvalue weighted by molar-refractivity contribution is 7.91. The molecule has 10 heteroatoms. The molecule has 9 nitrogen and oxygen atoms in total. The van der Waals surface area contributed by atoms with Crippen molar-refractivity contribution in [1.82, 2.24) is 14.6 Å². The highest BCUT2D eigenvalue weighted by Gasteiger charge is 2.32. The first-order chi connectivity index (χ1) is 16.7. The monoisotopic (exact) mass is 492 g/mol. The Balaban J connectivity index is 1.67. The lowest BCUT2D eigenvalue weighted by Gasteiger charge is -2.31. The van der Waals surface area contributed by atoms with Gasteiger partial charge >= 0.3 is 5.97 Å². The van der Waals surface area contributed by atoms with Crippen molar-refractivity contribution in [3.63, 3.8) is 0 Å². The van der Waals surface area contributed by atoms with Gasteiger partial charge in [-0.1, -0.05) is 48.5 Å². The maximum absolute atomic E-state index is 12.0. The SMILES string of the molecule is Cc1nc2cc(-c3cccc(-c4ccccc4)c3)nn2c(N2CCS(=O)(=O)CC2)c1C(O)C(=O)O. The smallest absolute Gasteiger partial charge is 0.337 e. The number of sulfone groups is 1. The quantitative estimate of drug-likeness (QED) is 0.436. The van der Waals surface area contributed by atoms with Crippen molar-refractivity contribution in [3.05, 3.63) is 71.9 Å². The van der Waals surface area contributed by atoms with Crippen LogP contribution in [0.5, 0.6) is 0 Å². The van der Waals surface area contributed by atoms with Crippen LogP contribution in [0.1, 0.15) is 17.4 Å². The van der Waals surface area contributed by atoms with Gasteiger partial charge in [-0.25, -0.2) is 18.2 Å². The van der Waals surface area contributed by atoms with Crippen molar-refractivity contribution < 1.29 is 23.4 Å². The van der Waals surface area contributed by atoms with E-state index in [0.717, 1.165) is 16.7 Å². The number of anilines is 1. The van der Waals surface area contributed by atoms with E-state index in [9.17, 15) is 23.4 Å². The first kappa shape index (κ1) is 23.0. The molecule has 0 radical (unpaired) electrons. The third-order valence-corrected chi connectivity index (χ3v) is 7.83. The topological polar surface area (TPSA) is 125 Å². The lowest BCUT2D eigenvalue weighted by molar-refractivity contribution is -0.147. The fourth-order valence-electron chi connectivity index (χ4n) is 4.42. The number of nitrogens with zero attached hydrogens (tertiary/aromatic N) is 4. The van der Waals surface area contributed by atoms with Gasteiger partial charge in [0.1, 0.15) is 5.82 Å². The molecule has 1 fully saturated rings. The summed E-state index contributed by atoms with van der Waals surface area (Å²) in [6.45, 7) is 1.96. The molecule has 180 valence electrons. The number of carboxylic acids is 1. The highest BCUT2D eigenvalue weighted by Crippen LogP contribution is 2.33. The Morgan fingerprint density at radius 3 is 2.31 bits per heavy atom. The molecule has 4 aromatic rings. The Kier molecular flexibility index (Phi) is 5.78. The van der Waals surface area contributed by atoms with E-state index in [2.05, 4.69) is 4.98 Å². The molecule has 0 amide bonds. The second kappa shape index (κ2) is 8.79. The van der Waals surface area contributed by atoms with E-state index in [4.69, 9.17) is 5.10 Å². The van der Waals surface area contributed by atoms with Crippen molar-refractivity contribution in [2.24, 2.45) is 0 Å². The van der Waals surface area contributed by atoms with Crippen LogP contribution in [0.15, 0.2) is 60.7 Å². The predicted octanol–water partition coefficient (Wildman–Crippen LogP) is 2.72. The first-order valence-corrected chi connectivity index (χ1v) is 13.0. The maximum atomic E-state index is 12.0. The number of aliphatic hydroxyl groups excluding tert-OH is 1. The van der Waals surface area contributed by atoms with Crippen molar-refractivity contribution >= 4 is 27.3 Å². The number of hydrogen-bond donors (Lipinski definition) is 2. The van der Waals surface area contributed by atoms with Crippen LogP contribution in [0, 0.1) is 6.92 Å². The highest BCUT2D eigenvalue weighted by atomic mass is 32.2. The molecule has 2 aromatic carbocycles. The van der Waals surface area contributed by atoms with Gasteiger partial charge in [0.05, 0.1) is 22.8 Å². The van der Waals surface area contributed by atoms with Gasteiger partial charge in [0.25, 0.3) is 0 Å². The second-order valence-corrected chi connectivity index (χ2v) is 10.9. The van der Waals surface area contributed by atoms with E-state index in [1.54, 1.807) is 17.9 Å². The number of aliphatic hydroxyl groups is 1. The molecule has 1 saturated heterocycles.